The second-order valence-corrected chi connectivity index (χ2v) is 7.45. The zero-order valence-electron chi connectivity index (χ0n) is 17.5. The van der Waals surface area contributed by atoms with Crippen molar-refractivity contribution in [2.24, 2.45) is 0 Å². The quantitative estimate of drug-likeness (QED) is 0.410. The van der Waals surface area contributed by atoms with Gasteiger partial charge in [0.15, 0.2) is 0 Å². The topological polar surface area (TPSA) is 83.0 Å². The van der Waals surface area contributed by atoms with Gasteiger partial charge in [-0.05, 0) is 62.5 Å². The van der Waals surface area contributed by atoms with Crippen LogP contribution in [-0.2, 0) is 9.59 Å². The van der Waals surface area contributed by atoms with E-state index in [0.29, 0.717) is 31.0 Å². The number of pyridine rings is 1. The van der Waals surface area contributed by atoms with Gasteiger partial charge in [-0.25, -0.2) is 0 Å². The zero-order chi connectivity index (χ0) is 21.7. The number of carbonyl (C=O) groups excluding carboxylic acids is 2. The van der Waals surface area contributed by atoms with E-state index in [1.807, 2.05) is 25.9 Å². The third-order valence-electron chi connectivity index (χ3n) is 4.95. The van der Waals surface area contributed by atoms with Crippen LogP contribution in [0.2, 0.25) is 0 Å². The van der Waals surface area contributed by atoms with Crippen molar-refractivity contribution >= 4 is 17.4 Å². The summed E-state index contributed by atoms with van der Waals surface area (Å²) < 4.78 is 5.58. The monoisotopic (exact) mass is 409 g/mol. The summed E-state index contributed by atoms with van der Waals surface area (Å²) in [5, 5.41) is 11.0. The highest BCUT2D eigenvalue weighted by atomic mass is 16.5. The lowest BCUT2D eigenvalue weighted by molar-refractivity contribution is -0.140. The third kappa shape index (κ3) is 4.52. The van der Waals surface area contributed by atoms with Crippen LogP contribution in [0.1, 0.15) is 30.5 Å². The van der Waals surface area contributed by atoms with Gasteiger partial charge in [0.25, 0.3) is 11.7 Å². The summed E-state index contributed by atoms with van der Waals surface area (Å²) in [7, 11) is 3.81. The van der Waals surface area contributed by atoms with Crippen molar-refractivity contribution in [1.29, 1.82) is 0 Å². The minimum atomic E-state index is -0.681. The first kappa shape index (κ1) is 21.5. The van der Waals surface area contributed by atoms with E-state index in [0.717, 1.165) is 12.0 Å². The van der Waals surface area contributed by atoms with Gasteiger partial charge in [0, 0.05) is 31.0 Å². The predicted molar refractivity (Wildman–Crippen MR) is 114 cm³/mol. The number of aliphatic hydroxyl groups excluding tert-OH is 1. The van der Waals surface area contributed by atoms with Gasteiger partial charge in [0.05, 0.1) is 18.2 Å². The number of amides is 1. The molecule has 2 heterocycles. The smallest absolute Gasteiger partial charge is 0.295 e. The first-order chi connectivity index (χ1) is 14.4. The van der Waals surface area contributed by atoms with Crippen molar-refractivity contribution in [3.05, 3.63) is 65.5 Å². The van der Waals surface area contributed by atoms with Crippen molar-refractivity contribution in [2.45, 2.75) is 19.4 Å². The molecule has 7 nitrogen and oxygen atoms in total. The Kier molecular flexibility index (Phi) is 6.84. The lowest BCUT2D eigenvalue weighted by Crippen LogP contribution is -2.35. The number of aliphatic hydroxyl groups is 1. The standard InChI is InChI=1S/C23H27N3O4/c1-4-15-30-18-7-5-17(6-8-18)21(27)19-20(16-9-11-24-12-10-16)26(14-13-25(2)3)23(29)22(19)28/h5-12,20,27H,4,13-15H2,1-3H3/b21-19+/t20-/m1/s1. The van der Waals surface area contributed by atoms with Crippen LogP contribution < -0.4 is 4.74 Å². The van der Waals surface area contributed by atoms with Crippen LogP contribution in [0.4, 0.5) is 0 Å². The van der Waals surface area contributed by atoms with Gasteiger partial charge in [-0.3, -0.25) is 14.6 Å². The Morgan fingerprint density at radius 3 is 2.40 bits per heavy atom. The van der Waals surface area contributed by atoms with E-state index in [9.17, 15) is 14.7 Å². The number of Topliss-reactive ketones (excluding diaryl/α,β-unsaturated/α-hetero) is 1. The molecule has 0 aliphatic carbocycles. The highest BCUT2D eigenvalue weighted by Crippen LogP contribution is 2.39. The second-order valence-electron chi connectivity index (χ2n) is 7.45. The molecule has 0 unspecified atom stereocenters. The predicted octanol–water partition coefficient (Wildman–Crippen LogP) is 2.85. The Morgan fingerprint density at radius 2 is 1.80 bits per heavy atom. The highest BCUT2D eigenvalue weighted by Gasteiger charge is 2.45. The molecule has 1 fully saturated rings. The van der Waals surface area contributed by atoms with Crippen LogP contribution in [0.15, 0.2) is 54.4 Å². The molecule has 3 rings (SSSR count). The van der Waals surface area contributed by atoms with Crippen molar-refractivity contribution in [3.8, 4) is 5.75 Å². The van der Waals surface area contributed by atoms with Crippen LogP contribution in [0, 0.1) is 0 Å². The minimum Gasteiger partial charge on any atom is -0.507 e. The normalized spacial score (nSPS) is 18.3. The van der Waals surface area contributed by atoms with Gasteiger partial charge in [-0.1, -0.05) is 6.92 Å². The van der Waals surface area contributed by atoms with E-state index in [1.54, 1.807) is 48.8 Å². The van der Waals surface area contributed by atoms with E-state index >= 15 is 0 Å². The molecule has 1 amide bonds. The number of rotatable bonds is 8. The first-order valence-electron chi connectivity index (χ1n) is 10.00. The lowest BCUT2D eigenvalue weighted by atomic mass is 9.96. The maximum atomic E-state index is 12.9. The van der Waals surface area contributed by atoms with Crippen molar-refractivity contribution < 1.29 is 19.4 Å². The molecular weight excluding hydrogens is 382 g/mol. The Labute approximate surface area is 176 Å². The van der Waals surface area contributed by atoms with E-state index in [4.69, 9.17) is 4.74 Å². The summed E-state index contributed by atoms with van der Waals surface area (Å²) in [4.78, 5) is 33.2. The van der Waals surface area contributed by atoms with E-state index in [-0.39, 0.29) is 11.3 Å². The van der Waals surface area contributed by atoms with Gasteiger partial charge < -0.3 is 19.6 Å². The molecule has 1 aliphatic heterocycles. The van der Waals surface area contributed by atoms with Gasteiger partial charge in [-0.2, -0.15) is 0 Å². The Bertz CT molecular complexity index is 923. The fraction of sp³-hybridized carbons (Fsp3) is 0.348. The van der Waals surface area contributed by atoms with Crippen LogP contribution in [0.25, 0.3) is 5.76 Å². The average molecular weight is 409 g/mol. The first-order valence-corrected chi connectivity index (χ1v) is 10.00. The number of ether oxygens (including phenoxy) is 1. The minimum absolute atomic E-state index is 0.0900. The molecule has 0 spiro atoms. The largest absolute Gasteiger partial charge is 0.507 e. The molecule has 1 aromatic heterocycles. The Balaban J connectivity index is 2.03. The number of likely N-dealkylation sites (tertiary alicyclic amines) is 1. The van der Waals surface area contributed by atoms with E-state index < -0.39 is 17.7 Å². The summed E-state index contributed by atoms with van der Waals surface area (Å²) in [6.45, 7) is 3.59. The molecular formula is C23H27N3O4. The maximum Gasteiger partial charge on any atom is 0.295 e. The van der Waals surface area contributed by atoms with E-state index in [2.05, 4.69) is 4.98 Å². The zero-order valence-corrected chi connectivity index (χ0v) is 17.5. The summed E-state index contributed by atoms with van der Waals surface area (Å²) in [6.07, 6.45) is 4.12. The van der Waals surface area contributed by atoms with E-state index in [1.165, 1.54) is 4.90 Å². The van der Waals surface area contributed by atoms with Crippen molar-refractivity contribution in [3.63, 3.8) is 0 Å². The number of aromatic nitrogens is 1. The molecule has 2 aromatic rings. The van der Waals surface area contributed by atoms with Crippen LogP contribution in [0.5, 0.6) is 5.75 Å². The molecule has 158 valence electrons. The molecule has 0 bridgehead atoms. The van der Waals surface area contributed by atoms with Gasteiger partial charge in [0.1, 0.15) is 11.5 Å². The molecule has 1 aliphatic rings. The number of benzene rings is 1. The molecule has 0 radical (unpaired) electrons. The molecule has 0 saturated carbocycles. The fourth-order valence-electron chi connectivity index (χ4n) is 3.40. The van der Waals surface area contributed by atoms with Gasteiger partial charge >= 0.3 is 0 Å². The number of hydrogen-bond donors (Lipinski definition) is 1. The maximum absolute atomic E-state index is 12.9. The molecule has 1 saturated heterocycles. The number of carbonyl (C=O) groups is 2. The average Bonchev–Trinajstić information content (AvgIpc) is 3.01. The summed E-state index contributed by atoms with van der Waals surface area (Å²) in [6, 6.07) is 9.73. The Morgan fingerprint density at radius 1 is 1.13 bits per heavy atom. The molecule has 1 N–H and O–H groups in total. The van der Waals surface area contributed by atoms with Gasteiger partial charge in [-0.15, -0.1) is 0 Å². The Hall–Kier alpha value is -3.19. The van der Waals surface area contributed by atoms with Crippen molar-refractivity contribution in [2.75, 3.05) is 33.8 Å². The second kappa shape index (κ2) is 9.54. The summed E-state index contributed by atoms with van der Waals surface area (Å²) in [5.74, 6) is -0.794. The molecule has 1 aromatic carbocycles. The number of hydrogen-bond acceptors (Lipinski definition) is 6. The molecule has 7 heteroatoms. The lowest BCUT2D eigenvalue weighted by Gasteiger charge is -2.26. The number of likely N-dealkylation sites (N-methyl/N-ethyl adjacent to an activating group) is 1. The summed E-state index contributed by atoms with van der Waals surface area (Å²) >= 11 is 0. The van der Waals surface area contributed by atoms with Gasteiger partial charge in [0.2, 0.25) is 0 Å². The molecule has 1 atom stereocenters. The number of ketones is 1. The summed E-state index contributed by atoms with van der Waals surface area (Å²) in [5.41, 5.74) is 1.28. The van der Waals surface area contributed by atoms with Crippen LogP contribution in [0.3, 0.4) is 0 Å². The highest BCUT2D eigenvalue weighted by molar-refractivity contribution is 6.46. The SMILES string of the molecule is CCCOc1ccc(/C(O)=C2\C(=O)C(=O)N(CCN(C)C)[C@@H]2c2ccncc2)cc1. The van der Waals surface area contributed by atoms with Crippen LogP contribution >= 0.6 is 0 Å². The third-order valence-corrected chi connectivity index (χ3v) is 4.95. The fourth-order valence-corrected chi connectivity index (χ4v) is 3.40. The number of nitrogens with zero attached hydrogens (tertiary/aromatic N) is 3. The van der Waals surface area contributed by atoms with Crippen LogP contribution in [-0.4, -0.2) is 65.4 Å². The molecule has 30 heavy (non-hydrogen) atoms. The van der Waals surface area contributed by atoms with Crippen molar-refractivity contribution in [1.82, 2.24) is 14.8 Å².